The predicted octanol–water partition coefficient (Wildman–Crippen LogP) is 4.90. The lowest BCUT2D eigenvalue weighted by molar-refractivity contribution is -0.137. The third-order valence-electron chi connectivity index (χ3n) is 8.71. The Hall–Kier alpha value is -3.09. The lowest BCUT2D eigenvalue weighted by atomic mass is 9.75. The van der Waals surface area contributed by atoms with E-state index in [1.54, 1.807) is 12.2 Å². The molecule has 3 N–H and O–H groups in total. The quantitative estimate of drug-likeness (QED) is 0.386. The first-order chi connectivity index (χ1) is 20.4. The number of carbonyl (C=O) groups excluding carboxylic acids is 2. The largest absolute Gasteiger partial charge is 0.416 e. The molecule has 0 aromatic heterocycles. The number of allylic oxidation sites excluding steroid dienone is 1. The molecule has 1 saturated heterocycles. The van der Waals surface area contributed by atoms with Gasteiger partial charge in [-0.05, 0) is 87.5 Å². The minimum absolute atomic E-state index is 0.0183. The number of nitrogens with one attached hydrogen (secondary N) is 3. The molecule has 1 saturated carbocycles. The van der Waals surface area contributed by atoms with Crippen molar-refractivity contribution >= 4 is 39.1 Å². The molecular weight excluding hydrogens is 605 g/mol. The van der Waals surface area contributed by atoms with E-state index in [1.165, 1.54) is 18.2 Å². The molecule has 3 aliphatic rings. The van der Waals surface area contributed by atoms with E-state index in [4.69, 9.17) is 11.6 Å². The van der Waals surface area contributed by atoms with Gasteiger partial charge < -0.3 is 16.0 Å². The summed E-state index contributed by atoms with van der Waals surface area (Å²) in [5.74, 6) is -0.577. The monoisotopic (exact) mass is 638 g/mol. The molecule has 0 radical (unpaired) electrons. The Balaban J connectivity index is 1.59. The third-order valence-corrected chi connectivity index (χ3v) is 11.0. The molecule has 1 aliphatic carbocycles. The highest BCUT2D eigenvalue weighted by Gasteiger charge is 2.40. The van der Waals surface area contributed by atoms with E-state index in [2.05, 4.69) is 16.0 Å². The topological polar surface area (TPSA) is 108 Å². The summed E-state index contributed by atoms with van der Waals surface area (Å²) in [6.45, 7) is 1.37. The van der Waals surface area contributed by atoms with E-state index in [-0.39, 0.29) is 40.7 Å². The van der Waals surface area contributed by atoms with Crippen LogP contribution in [0.15, 0.2) is 59.5 Å². The van der Waals surface area contributed by atoms with Crippen LogP contribution in [0, 0.1) is 11.3 Å². The molecule has 2 amide bonds. The summed E-state index contributed by atoms with van der Waals surface area (Å²) in [7, 11) is -4.55. The Morgan fingerprint density at radius 2 is 1.77 bits per heavy atom. The first-order valence-electron chi connectivity index (χ1n) is 14.4. The SMILES string of the molecule is O=C1NC2CCCC2CNC(=O)C2(C/C=C/CN(c3cccc(C(F)(F)F)c3)S(=O)(=O)c3cc1ccc3Cl)CCNCC2. The van der Waals surface area contributed by atoms with Crippen LogP contribution < -0.4 is 20.3 Å². The molecule has 2 heterocycles. The molecule has 1 spiro atoms. The molecule has 232 valence electrons. The van der Waals surface area contributed by atoms with Crippen LogP contribution in [0.4, 0.5) is 18.9 Å². The second-order valence-corrected chi connectivity index (χ2v) is 13.7. The summed E-state index contributed by atoms with van der Waals surface area (Å²) in [5.41, 5.74) is -1.90. The maximum absolute atomic E-state index is 14.1. The summed E-state index contributed by atoms with van der Waals surface area (Å²) in [6, 6.07) is 7.68. The maximum atomic E-state index is 14.1. The van der Waals surface area contributed by atoms with Gasteiger partial charge in [-0.25, -0.2) is 8.42 Å². The molecule has 43 heavy (non-hydrogen) atoms. The van der Waals surface area contributed by atoms with Crippen molar-refractivity contribution in [2.75, 3.05) is 30.5 Å². The van der Waals surface area contributed by atoms with Gasteiger partial charge in [0.25, 0.3) is 15.9 Å². The zero-order valence-electron chi connectivity index (χ0n) is 23.4. The van der Waals surface area contributed by atoms with Gasteiger partial charge in [0.1, 0.15) is 4.90 Å². The first kappa shape index (κ1) is 31.3. The number of nitrogens with zero attached hydrogens (tertiary/aromatic N) is 1. The number of benzene rings is 2. The zero-order chi connectivity index (χ0) is 30.8. The summed E-state index contributed by atoms with van der Waals surface area (Å²) >= 11 is 6.35. The molecule has 2 bridgehead atoms. The van der Waals surface area contributed by atoms with Gasteiger partial charge in [-0.2, -0.15) is 13.2 Å². The number of sulfonamides is 1. The smallest absolute Gasteiger partial charge is 0.355 e. The Kier molecular flexibility index (Phi) is 9.10. The van der Waals surface area contributed by atoms with Crippen molar-refractivity contribution in [1.29, 1.82) is 0 Å². The Morgan fingerprint density at radius 1 is 1.00 bits per heavy atom. The van der Waals surface area contributed by atoms with Crippen LogP contribution in [0.5, 0.6) is 0 Å². The van der Waals surface area contributed by atoms with E-state index in [9.17, 15) is 31.2 Å². The number of hydrogen-bond acceptors (Lipinski definition) is 5. The lowest BCUT2D eigenvalue weighted by Gasteiger charge is -2.36. The fraction of sp³-hybridized carbons (Fsp3) is 0.467. The van der Waals surface area contributed by atoms with Crippen LogP contribution in [-0.4, -0.2) is 52.5 Å². The molecule has 2 aromatic rings. The van der Waals surface area contributed by atoms with E-state index in [0.29, 0.717) is 45.3 Å². The van der Waals surface area contributed by atoms with Crippen LogP contribution in [0.3, 0.4) is 0 Å². The Labute approximate surface area is 254 Å². The summed E-state index contributed by atoms with van der Waals surface area (Å²) in [5, 5.41) is 9.21. The van der Waals surface area contributed by atoms with Crippen molar-refractivity contribution in [3.63, 3.8) is 0 Å². The fourth-order valence-corrected chi connectivity index (χ4v) is 8.09. The van der Waals surface area contributed by atoms with Crippen LogP contribution in [0.1, 0.15) is 54.4 Å². The van der Waals surface area contributed by atoms with Gasteiger partial charge in [0.15, 0.2) is 0 Å². The molecule has 2 aliphatic heterocycles. The number of alkyl halides is 3. The van der Waals surface area contributed by atoms with Crippen molar-refractivity contribution in [3.05, 3.63) is 70.8 Å². The number of rotatable bonds is 1. The summed E-state index contributed by atoms with van der Waals surface area (Å²) < 4.78 is 69.8. The summed E-state index contributed by atoms with van der Waals surface area (Å²) in [4.78, 5) is 26.5. The van der Waals surface area contributed by atoms with Crippen LogP contribution >= 0.6 is 11.6 Å². The predicted molar refractivity (Wildman–Crippen MR) is 157 cm³/mol. The van der Waals surface area contributed by atoms with E-state index in [1.807, 2.05) is 0 Å². The molecular formula is C30H34ClF3N4O4S. The van der Waals surface area contributed by atoms with Gasteiger partial charge in [-0.3, -0.25) is 13.9 Å². The van der Waals surface area contributed by atoms with Crippen LogP contribution in [0.2, 0.25) is 5.02 Å². The van der Waals surface area contributed by atoms with Gasteiger partial charge in [0.2, 0.25) is 5.91 Å². The highest BCUT2D eigenvalue weighted by Crippen LogP contribution is 2.37. The molecule has 2 atom stereocenters. The van der Waals surface area contributed by atoms with Crippen LogP contribution in [-0.2, 0) is 21.0 Å². The second kappa shape index (κ2) is 12.5. The number of piperidine rings is 1. The van der Waals surface area contributed by atoms with Crippen molar-refractivity contribution in [2.24, 2.45) is 11.3 Å². The second-order valence-electron chi connectivity index (χ2n) is 11.4. The fourth-order valence-electron chi connectivity index (χ4n) is 6.18. The van der Waals surface area contributed by atoms with E-state index >= 15 is 0 Å². The molecule has 2 fully saturated rings. The minimum Gasteiger partial charge on any atom is -0.355 e. The minimum atomic E-state index is -4.70. The van der Waals surface area contributed by atoms with Gasteiger partial charge in [0.05, 0.1) is 28.2 Å². The number of anilines is 1. The zero-order valence-corrected chi connectivity index (χ0v) is 25.0. The highest BCUT2D eigenvalue weighted by atomic mass is 35.5. The Morgan fingerprint density at radius 3 is 2.51 bits per heavy atom. The van der Waals surface area contributed by atoms with Gasteiger partial charge in [0, 0.05) is 18.2 Å². The van der Waals surface area contributed by atoms with Crippen LogP contribution in [0.25, 0.3) is 0 Å². The van der Waals surface area contributed by atoms with Crippen molar-refractivity contribution in [1.82, 2.24) is 16.0 Å². The summed E-state index contributed by atoms with van der Waals surface area (Å²) in [6.07, 6.45) is 2.46. The number of hydrogen-bond donors (Lipinski definition) is 3. The molecule has 5 rings (SSSR count). The lowest BCUT2D eigenvalue weighted by Crippen LogP contribution is -2.49. The molecule has 13 heteroatoms. The van der Waals surface area contributed by atoms with Gasteiger partial charge >= 0.3 is 6.18 Å². The normalized spacial score (nSPS) is 25.3. The number of halogens is 4. The maximum Gasteiger partial charge on any atom is 0.416 e. The highest BCUT2D eigenvalue weighted by molar-refractivity contribution is 7.93. The third kappa shape index (κ3) is 6.71. The molecule has 2 unspecified atom stereocenters. The molecule has 8 nitrogen and oxygen atoms in total. The number of carbonyl (C=O) groups is 2. The number of fused-ring (bicyclic) bond motifs is 3. The van der Waals surface area contributed by atoms with E-state index < -0.39 is 38.0 Å². The van der Waals surface area contributed by atoms with E-state index in [0.717, 1.165) is 41.4 Å². The Bertz CT molecular complexity index is 1510. The van der Waals surface area contributed by atoms with Gasteiger partial charge in [-0.15, -0.1) is 0 Å². The van der Waals surface area contributed by atoms with Crippen molar-refractivity contribution in [2.45, 2.75) is 55.6 Å². The van der Waals surface area contributed by atoms with Crippen molar-refractivity contribution in [3.8, 4) is 0 Å². The average molecular weight is 639 g/mol. The number of amides is 2. The van der Waals surface area contributed by atoms with Crippen molar-refractivity contribution < 1.29 is 31.2 Å². The van der Waals surface area contributed by atoms with Gasteiger partial charge in [-0.1, -0.05) is 36.2 Å². The first-order valence-corrected chi connectivity index (χ1v) is 16.2. The average Bonchev–Trinajstić information content (AvgIpc) is 3.42. The standard InChI is InChI=1S/C30H34ClF3N4O4S/c31-24-10-9-20-17-26(24)43(41,42)38(23-7-4-6-22(18-23)30(32,33)34)16-2-1-11-29(12-14-35-15-13-29)28(40)36-19-21-5-3-8-25(21)37-27(20)39/h1-2,4,6-7,9-10,17-18,21,25,35H,3,5,8,11-16,19H2,(H,36,40)(H,37,39)/b2-1+. The molecule has 2 aromatic carbocycles.